The zero-order chi connectivity index (χ0) is 7.56. The second kappa shape index (κ2) is 3.90. The van der Waals surface area contributed by atoms with E-state index in [1.165, 1.54) is 6.42 Å². The highest BCUT2D eigenvalue weighted by Crippen LogP contribution is 2.26. The number of hydrogen-bond acceptors (Lipinski definition) is 1. The standard InChI is InChI=1S/C8H15IO/c1-6(2)7-3-8(4-9)10-5-7/h6-8H,3-5H2,1-2H3. The molecule has 0 N–H and O–H groups in total. The Balaban J connectivity index is 2.28. The molecular formula is C8H15IO. The van der Waals surface area contributed by atoms with Gasteiger partial charge in [0.2, 0.25) is 0 Å². The molecule has 0 aliphatic carbocycles. The van der Waals surface area contributed by atoms with Gasteiger partial charge >= 0.3 is 0 Å². The molecule has 0 aromatic heterocycles. The molecule has 1 aliphatic heterocycles. The molecule has 0 bridgehead atoms. The van der Waals surface area contributed by atoms with Crippen molar-refractivity contribution in [3.63, 3.8) is 0 Å². The average molecular weight is 254 g/mol. The minimum atomic E-state index is 0.549. The van der Waals surface area contributed by atoms with E-state index in [1.54, 1.807) is 0 Å². The van der Waals surface area contributed by atoms with Crippen LogP contribution in [0.5, 0.6) is 0 Å². The summed E-state index contributed by atoms with van der Waals surface area (Å²) in [6, 6.07) is 0. The van der Waals surface area contributed by atoms with Crippen molar-refractivity contribution in [3.05, 3.63) is 0 Å². The van der Waals surface area contributed by atoms with Gasteiger partial charge in [0.1, 0.15) is 0 Å². The van der Waals surface area contributed by atoms with Crippen molar-refractivity contribution in [2.45, 2.75) is 26.4 Å². The fraction of sp³-hybridized carbons (Fsp3) is 1.00. The number of ether oxygens (including phenoxy) is 1. The second-order valence-electron chi connectivity index (χ2n) is 3.35. The molecule has 2 heteroatoms. The number of halogens is 1. The predicted molar refractivity (Wildman–Crippen MR) is 51.6 cm³/mol. The van der Waals surface area contributed by atoms with Gasteiger partial charge in [-0.1, -0.05) is 36.4 Å². The maximum Gasteiger partial charge on any atom is 0.0668 e. The highest BCUT2D eigenvalue weighted by molar-refractivity contribution is 14.1. The fourth-order valence-electron chi connectivity index (χ4n) is 1.31. The van der Waals surface area contributed by atoms with Gasteiger partial charge in [0.05, 0.1) is 12.7 Å². The summed E-state index contributed by atoms with van der Waals surface area (Å²) in [7, 11) is 0. The van der Waals surface area contributed by atoms with Gasteiger partial charge in [-0.2, -0.15) is 0 Å². The Kier molecular flexibility index (Phi) is 3.43. The van der Waals surface area contributed by atoms with Gasteiger partial charge in [0.15, 0.2) is 0 Å². The van der Waals surface area contributed by atoms with Crippen LogP contribution in [-0.2, 0) is 4.74 Å². The first-order valence-electron chi connectivity index (χ1n) is 3.91. The molecule has 10 heavy (non-hydrogen) atoms. The Hall–Kier alpha value is 0.690. The van der Waals surface area contributed by atoms with Crippen LogP contribution in [0.2, 0.25) is 0 Å². The van der Waals surface area contributed by atoms with Crippen LogP contribution in [0.15, 0.2) is 0 Å². The van der Waals surface area contributed by atoms with Crippen LogP contribution in [0.25, 0.3) is 0 Å². The lowest BCUT2D eigenvalue weighted by Gasteiger charge is -2.10. The Morgan fingerprint density at radius 3 is 2.60 bits per heavy atom. The van der Waals surface area contributed by atoms with Crippen molar-refractivity contribution in [1.29, 1.82) is 0 Å². The monoisotopic (exact) mass is 254 g/mol. The van der Waals surface area contributed by atoms with Crippen molar-refractivity contribution in [1.82, 2.24) is 0 Å². The highest BCUT2D eigenvalue weighted by Gasteiger charge is 2.26. The van der Waals surface area contributed by atoms with Gasteiger partial charge in [0, 0.05) is 4.43 Å². The minimum Gasteiger partial charge on any atom is -0.377 e. The Bertz CT molecular complexity index is 103. The molecule has 0 aromatic carbocycles. The number of hydrogen-bond donors (Lipinski definition) is 0. The first kappa shape index (κ1) is 8.78. The molecule has 1 fully saturated rings. The van der Waals surface area contributed by atoms with E-state index in [1.807, 2.05) is 0 Å². The van der Waals surface area contributed by atoms with Crippen molar-refractivity contribution in [3.8, 4) is 0 Å². The van der Waals surface area contributed by atoms with Crippen LogP contribution in [0.3, 0.4) is 0 Å². The van der Waals surface area contributed by atoms with Crippen molar-refractivity contribution in [2.75, 3.05) is 11.0 Å². The summed E-state index contributed by atoms with van der Waals surface area (Å²) in [5.74, 6) is 1.62. The van der Waals surface area contributed by atoms with E-state index in [0.29, 0.717) is 6.10 Å². The molecule has 1 aliphatic rings. The molecule has 1 nitrogen and oxygen atoms in total. The third kappa shape index (κ3) is 2.09. The Labute approximate surface area is 76.7 Å². The van der Waals surface area contributed by atoms with E-state index in [9.17, 15) is 0 Å². The van der Waals surface area contributed by atoms with Gasteiger partial charge in [-0.15, -0.1) is 0 Å². The molecule has 0 spiro atoms. The molecule has 1 saturated heterocycles. The third-order valence-electron chi connectivity index (χ3n) is 2.23. The molecule has 0 saturated carbocycles. The van der Waals surface area contributed by atoms with E-state index < -0.39 is 0 Å². The zero-order valence-electron chi connectivity index (χ0n) is 6.64. The average Bonchev–Trinajstić information content (AvgIpc) is 2.34. The summed E-state index contributed by atoms with van der Waals surface area (Å²) in [6.07, 6.45) is 1.83. The van der Waals surface area contributed by atoms with Crippen LogP contribution in [0.1, 0.15) is 20.3 Å². The van der Waals surface area contributed by atoms with Crippen LogP contribution in [0.4, 0.5) is 0 Å². The molecule has 60 valence electrons. The molecular weight excluding hydrogens is 239 g/mol. The SMILES string of the molecule is CC(C)C1COC(CI)C1. The summed E-state index contributed by atoms with van der Waals surface area (Å²) in [5.41, 5.74) is 0. The van der Waals surface area contributed by atoms with Gasteiger partial charge in [-0.05, 0) is 18.3 Å². The molecule has 2 unspecified atom stereocenters. The zero-order valence-corrected chi connectivity index (χ0v) is 8.80. The lowest BCUT2D eigenvalue weighted by atomic mass is 9.94. The first-order chi connectivity index (χ1) is 4.74. The summed E-state index contributed by atoms with van der Waals surface area (Å²) in [5, 5.41) is 0. The quantitative estimate of drug-likeness (QED) is 0.543. The minimum absolute atomic E-state index is 0.549. The van der Waals surface area contributed by atoms with Gasteiger partial charge in [-0.3, -0.25) is 0 Å². The van der Waals surface area contributed by atoms with E-state index in [2.05, 4.69) is 36.4 Å². The number of rotatable bonds is 2. The topological polar surface area (TPSA) is 9.23 Å². The van der Waals surface area contributed by atoms with Gasteiger partial charge < -0.3 is 4.74 Å². The Morgan fingerprint density at radius 2 is 2.30 bits per heavy atom. The molecule has 0 radical (unpaired) electrons. The van der Waals surface area contributed by atoms with Crippen LogP contribution >= 0.6 is 22.6 Å². The van der Waals surface area contributed by atoms with E-state index in [0.717, 1.165) is 22.9 Å². The fourth-order valence-corrected chi connectivity index (χ4v) is 1.92. The summed E-state index contributed by atoms with van der Waals surface area (Å²) >= 11 is 2.40. The second-order valence-corrected chi connectivity index (χ2v) is 4.23. The highest BCUT2D eigenvalue weighted by atomic mass is 127. The molecule has 1 rings (SSSR count). The predicted octanol–water partition coefficient (Wildman–Crippen LogP) is 2.48. The normalized spacial score (nSPS) is 33.6. The summed E-state index contributed by atoms with van der Waals surface area (Å²) < 4.78 is 6.72. The van der Waals surface area contributed by atoms with Crippen LogP contribution < -0.4 is 0 Å². The molecule has 0 amide bonds. The largest absolute Gasteiger partial charge is 0.377 e. The maximum atomic E-state index is 5.57. The van der Waals surface area contributed by atoms with Crippen LogP contribution in [0, 0.1) is 11.8 Å². The Morgan fingerprint density at radius 1 is 1.60 bits per heavy atom. The number of alkyl halides is 1. The third-order valence-corrected chi connectivity index (χ3v) is 3.21. The summed E-state index contributed by atoms with van der Waals surface area (Å²) in [4.78, 5) is 0. The van der Waals surface area contributed by atoms with Crippen LogP contribution in [-0.4, -0.2) is 17.1 Å². The first-order valence-corrected chi connectivity index (χ1v) is 5.44. The maximum absolute atomic E-state index is 5.57. The van der Waals surface area contributed by atoms with Gasteiger partial charge in [-0.25, -0.2) is 0 Å². The molecule has 1 heterocycles. The van der Waals surface area contributed by atoms with Gasteiger partial charge in [0.25, 0.3) is 0 Å². The van der Waals surface area contributed by atoms with E-state index in [-0.39, 0.29) is 0 Å². The molecule has 0 aromatic rings. The van der Waals surface area contributed by atoms with E-state index >= 15 is 0 Å². The lowest BCUT2D eigenvalue weighted by Crippen LogP contribution is -2.08. The smallest absolute Gasteiger partial charge is 0.0668 e. The van der Waals surface area contributed by atoms with Crippen molar-refractivity contribution >= 4 is 22.6 Å². The summed E-state index contributed by atoms with van der Waals surface area (Å²) in [6.45, 7) is 5.55. The van der Waals surface area contributed by atoms with Crippen molar-refractivity contribution in [2.24, 2.45) is 11.8 Å². The van der Waals surface area contributed by atoms with E-state index in [4.69, 9.17) is 4.74 Å². The van der Waals surface area contributed by atoms with Crippen molar-refractivity contribution < 1.29 is 4.74 Å². The lowest BCUT2D eigenvalue weighted by molar-refractivity contribution is 0.121. The molecule has 2 atom stereocenters.